The van der Waals surface area contributed by atoms with E-state index in [1.807, 2.05) is 23.5 Å². The van der Waals surface area contributed by atoms with Crippen LogP contribution in [0, 0.1) is 0 Å². The quantitative estimate of drug-likeness (QED) is 0.210. The Morgan fingerprint density at radius 3 is 2.12 bits per heavy atom. The minimum Gasteiger partial charge on any atom is -0.456 e. The van der Waals surface area contributed by atoms with Crippen molar-refractivity contribution in [2.24, 2.45) is 0 Å². The van der Waals surface area contributed by atoms with Crippen LogP contribution >= 0.6 is 11.3 Å². The molecule has 43 heavy (non-hydrogen) atoms. The van der Waals surface area contributed by atoms with Crippen LogP contribution in [0.1, 0.15) is 0 Å². The smallest absolute Gasteiger partial charge is 0.137 e. The van der Waals surface area contributed by atoms with Crippen LogP contribution < -0.4 is 4.90 Å². The molecular weight excluding hydrogens is 543 g/mol. The molecule has 0 aliphatic rings. The molecule has 2 aromatic heterocycles. The van der Waals surface area contributed by atoms with E-state index in [1.54, 1.807) is 0 Å². The first-order valence-corrected chi connectivity index (χ1v) is 15.3. The first-order chi connectivity index (χ1) is 21.3. The Morgan fingerprint density at radius 2 is 1.16 bits per heavy atom. The molecule has 0 bridgehead atoms. The van der Waals surface area contributed by atoms with Gasteiger partial charge in [-0.3, -0.25) is 0 Å². The van der Waals surface area contributed by atoms with Crippen LogP contribution in [-0.4, -0.2) is 0 Å². The average molecular weight is 568 g/mol. The Morgan fingerprint density at radius 1 is 0.465 bits per heavy atom. The first-order valence-electron chi connectivity index (χ1n) is 14.5. The fourth-order valence-corrected chi connectivity index (χ4v) is 7.64. The second kappa shape index (κ2) is 9.59. The van der Waals surface area contributed by atoms with Gasteiger partial charge in [-0.25, -0.2) is 0 Å². The third-order valence-electron chi connectivity index (χ3n) is 8.45. The summed E-state index contributed by atoms with van der Waals surface area (Å²) in [6.07, 6.45) is 0. The number of benzene rings is 7. The van der Waals surface area contributed by atoms with Crippen LogP contribution in [0.3, 0.4) is 0 Å². The molecule has 0 amide bonds. The van der Waals surface area contributed by atoms with Crippen molar-refractivity contribution in [3.63, 3.8) is 0 Å². The molecule has 0 aliphatic heterocycles. The second-order valence-electron chi connectivity index (χ2n) is 10.9. The summed E-state index contributed by atoms with van der Waals surface area (Å²) in [7, 11) is 0. The summed E-state index contributed by atoms with van der Waals surface area (Å²) in [4.78, 5) is 2.39. The van der Waals surface area contributed by atoms with Crippen molar-refractivity contribution in [3.8, 4) is 11.1 Å². The molecule has 3 heteroatoms. The fraction of sp³-hybridized carbons (Fsp3) is 0. The topological polar surface area (TPSA) is 16.4 Å². The standard InChI is InChI=1S/C40H25NOS/c1-2-14-30-26(10-1)11-8-17-31(30)27-12-7-13-28(24-27)41(29-22-23-33-32-15-3-5-19-36(32)42-37(33)25-29)35-18-9-21-39-40(35)34-16-4-6-20-38(34)43-39/h1-25H. The zero-order chi connectivity index (χ0) is 28.3. The van der Waals surface area contributed by atoms with Gasteiger partial charge in [-0.15, -0.1) is 11.3 Å². The van der Waals surface area contributed by atoms with E-state index in [0.717, 1.165) is 39.0 Å². The number of hydrogen-bond acceptors (Lipinski definition) is 3. The maximum absolute atomic E-state index is 6.37. The molecule has 2 nitrogen and oxygen atoms in total. The highest BCUT2D eigenvalue weighted by Gasteiger charge is 2.20. The summed E-state index contributed by atoms with van der Waals surface area (Å²) < 4.78 is 8.94. The van der Waals surface area contributed by atoms with Crippen LogP contribution in [0.25, 0.3) is 64.0 Å². The molecule has 0 saturated heterocycles. The minimum absolute atomic E-state index is 0.885. The van der Waals surface area contributed by atoms with Gasteiger partial charge in [0, 0.05) is 48.4 Å². The third kappa shape index (κ3) is 3.86. The molecular formula is C40H25NOS. The molecule has 0 radical (unpaired) electrons. The molecule has 9 rings (SSSR count). The Bertz CT molecular complexity index is 2480. The molecule has 0 fully saturated rings. The van der Waals surface area contributed by atoms with Gasteiger partial charge in [-0.1, -0.05) is 97.1 Å². The van der Waals surface area contributed by atoms with Crippen LogP contribution in [0.4, 0.5) is 17.1 Å². The van der Waals surface area contributed by atoms with Crippen molar-refractivity contribution in [3.05, 3.63) is 152 Å². The van der Waals surface area contributed by atoms with Gasteiger partial charge in [0.2, 0.25) is 0 Å². The molecule has 0 unspecified atom stereocenters. The molecule has 0 atom stereocenters. The largest absolute Gasteiger partial charge is 0.456 e. The lowest BCUT2D eigenvalue weighted by Crippen LogP contribution is -2.10. The van der Waals surface area contributed by atoms with Gasteiger partial charge in [0.15, 0.2) is 0 Å². The fourth-order valence-electron chi connectivity index (χ4n) is 6.51. The Balaban J connectivity index is 1.31. The minimum atomic E-state index is 0.885. The molecule has 9 aromatic rings. The molecule has 2 heterocycles. The summed E-state index contributed by atoms with van der Waals surface area (Å²) in [5.74, 6) is 0. The summed E-state index contributed by atoms with van der Waals surface area (Å²) >= 11 is 1.85. The Kier molecular flexibility index (Phi) is 5.40. The predicted octanol–water partition coefficient (Wildman–Crippen LogP) is 12.2. The number of para-hydroxylation sites is 1. The highest BCUT2D eigenvalue weighted by atomic mass is 32.1. The molecule has 202 valence electrons. The number of nitrogens with zero attached hydrogens (tertiary/aromatic N) is 1. The molecule has 0 saturated carbocycles. The van der Waals surface area contributed by atoms with Gasteiger partial charge < -0.3 is 9.32 Å². The molecule has 7 aromatic carbocycles. The zero-order valence-corrected chi connectivity index (χ0v) is 24.0. The van der Waals surface area contributed by atoms with E-state index < -0.39 is 0 Å². The van der Waals surface area contributed by atoms with Crippen molar-refractivity contribution < 1.29 is 4.42 Å². The maximum Gasteiger partial charge on any atom is 0.137 e. The first kappa shape index (κ1) is 24.2. The lowest BCUT2D eigenvalue weighted by molar-refractivity contribution is 0.669. The van der Waals surface area contributed by atoms with E-state index in [0.29, 0.717) is 0 Å². The predicted molar refractivity (Wildman–Crippen MR) is 184 cm³/mol. The van der Waals surface area contributed by atoms with E-state index in [1.165, 1.54) is 42.1 Å². The van der Waals surface area contributed by atoms with Gasteiger partial charge >= 0.3 is 0 Å². The summed E-state index contributed by atoms with van der Waals surface area (Å²) in [5.41, 5.74) is 7.52. The lowest BCUT2D eigenvalue weighted by atomic mass is 9.97. The monoisotopic (exact) mass is 567 g/mol. The van der Waals surface area contributed by atoms with Crippen molar-refractivity contribution in [2.75, 3.05) is 4.90 Å². The number of rotatable bonds is 4. The van der Waals surface area contributed by atoms with Gasteiger partial charge in [-0.05, 0) is 70.4 Å². The zero-order valence-electron chi connectivity index (χ0n) is 23.2. The number of thiophene rings is 1. The average Bonchev–Trinajstić information content (AvgIpc) is 3.63. The third-order valence-corrected chi connectivity index (χ3v) is 9.58. The van der Waals surface area contributed by atoms with E-state index in [-0.39, 0.29) is 0 Å². The van der Waals surface area contributed by atoms with E-state index in [4.69, 9.17) is 4.42 Å². The van der Waals surface area contributed by atoms with Gasteiger partial charge in [-0.2, -0.15) is 0 Å². The summed E-state index contributed by atoms with van der Waals surface area (Å²) in [5, 5.41) is 7.31. The number of fused-ring (bicyclic) bond motifs is 7. The van der Waals surface area contributed by atoms with E-state index in [2.05, 4.69) is 144 Å². The van der Waals surface area contributed by atoms with E-state index in [9.17, 15) is 0 Å². The van der Waals surface area contributed by atoms with Gasteiger partial charge in [0.05, 0.1) is 5.69 Å². The SMILES string of the molecule is c1cc(-c2cccc3ccccc23)cc(N(c2ccc3c(c2)oc2ccccc23)c2cccc3sc4ccccc4c23)c1. The normalized spacial score (nSPS) is 11.7. The Hall–Kier alpha value is -5.38. The molecule has 0 spiro atoms. The van der Waals surface area contributed by atoms with Crippen molar-refractivity contribution in [1.29, 1.82) is 0 Å². The lowest BCUT2D eigenvalue weighted by Gasteiger charge is -2.27. The van der Waals surface area contributed by atoms with Crippen LogP contribution in [0.2, 0.25) is 0 Å². The summed E-state index contributed by atoms with van der Waals surface area (Å²) in [6.45, 7) is 0. The van der Waals surface area contributed by atoms with Crippen LogP contribution in [0.5, 0.6) is 0 Å². The van der Waals surface area contributed by atoms with Gasteiger partial charge in [0.1, 0.15) is 11.2 Å². The van der Waals surface area contributed by atoms with E-state index >= 15 is 0 Å². The highest BCUT2D eigenvalue weighted by Crippen LogP contribution is 2.46. The summed E-state index contributed by atoms with van der Waals surface area (Å²) in [6, 6.07) is 54.3. The van der Waals surface area contributed by atoms with Gasteiger partial charge in [0.25, 0.3) is 0 Å². The highest BCUT2D eigenvalue weighted by molar-refractivity contribution is 7.26. The van der Waals surface area contributed by atoms with Crippen molar-refractivity contribution >= 4 is 81.3 Å². The second-order valence-corrected chi connectivity index (χ2v) is 12.0. The van der Waals surface area contributed by atoms with Crippen LogP contribution in [0.15, 0.2) is 156 Å². The van der Waals surface area contributed by atoms with Crippen molar-refractivity contribution in [1.82, 2.24) is 0 Å². The Labute approximate surface area is 252 Å². The number of anilines is 3. The number of furan rings is 1. The maximum atomic E-state index is 6.37. The van der Waals surface area contributed by atoms with Crippen molar-refractivity contribution in [2.45, 2.75) is 0 Å². The van der Waals surface area contributed by atoms with Crippen LogP contribution in [-0.2, 0) is 0 Å². The molecule has 0 aliphatic carbocycles. The molecule has 0 N–H and O–H groups in total. The number of hydrogen-bond donors (Lipinski definition) is 0.